The van der Waals surface area contributed by atoms with Crippen molar-refractivity contribution in [2.75, 3.05) is 31.1 Å². The van der Waals surface area contributed by atoms with E-state index in [0.717, 1.165) is 36.9 Å². The molecule has 3 rings (SSSR count). The highest BCUT2D eigenvalue weighted by Crippen LogP contribution is 2.26. The molecule has 0 N–H and O–H groups in total. The van der Waals surface area contributed by atoms with Gasteiger partial charge in [-0.15, -0.1) is 11.3 Å². The van der Waals surface area contributed by atoms with E-state index < -0.39 is 0 Å². The molecule has 0 radical (unpaired) electrons. The van der Waals surface area contributed by atoms with E-state index in [2.05, 4.69) is 22.0 Å². The molecular weight excluding hydrogens is 312 g/mol. The van der Waals surface area contributed by atoms with Crippen LogP contribution in [0.2, 0.25) is 0 Å². The van der Waals surface area contributed by atoms with Crippen LogP contribution < -0.4 is 4.90 Å². The first-order valence-electron chi connectivity index (χ1n) is 7.88. The zero-order valence-corrected chi connectivity index (χ0v) is 14.9. The fraction of sp³-hybridized carbons (Fsp3) is 0.562. The molecule has 0 saturated carbocycles. The van der Waals surface area contributed by atoms with Crippen LogP contribution in [-0.2, 0) is 0 Å². The smallest absolute Gasteiger partial charge is 0.259 e. The Bertz CT molecular complexity index is 683. The summed E-state index contributed by atoms with van der Waals surface area (Å²) in [6, 6.07) is 0. The van der Waals surface area contributed by atoms with Gasteiger partial charge in [0.1, 0.15) is 11.3 Å². The summed E-state index contributed by atoms with van der Waals surface area (Å²) in [5, 5.41) is 4.95. The van der Waals surface area contributed by atoms with Crippen LogP contribution in [0.5, 0.6) is 0 Å². The van der Waals surface area contributed by atoms with Gasteiger partial charge in [0, 0.05) is 31.1 Å². The largest absolute Gasteiger partial charge is 0.361 e. The molecule has 0 bridgehead atoms. The predicted octanol–water partition coefficient (Wildman–Crippen LogP) is 2.72. The number of anilines is 1. The number of carbonyl (C=O) groups excluding carboxylic acids is 1. The second-order valence-electron chi connectivity index (χ2n) is 5.97. The normalized spacial score (nSPS) is 15.8. The van der Waals surface area contributed by atoms with Crippen LogP contribution in [0.3, 0.4) is 0 Å². The third-order valence-corrected chi connectivity index (χ3v) is 5.45. The molecule has 0 atom stereocenters. The van der Waals surface area contributed by atoms with Crippen LogP contribution >= 0.6 is 11.3 Å². The number of nitrogens with zero attached hydrogens (tertiary/aromatic N) is 4. The second kappa shape index (κ2) is 6.31. The van der Waals surface area contributed by atoms with Gasteiger partial charge in [0.25, 0.3) is 5.91 Å². The Kier molecular flexibility index (Phi) is 4.39. The summed E-state index contributed by atoms with van der Waals surface area (Å²) in [4.78, 5) is 22.8. The van der Waals surface area contributed by atoms with Crippen LogP contribution in [0.15, 0.2) is 4.52 Å². The maximum absolute atomic E-state index is 12.8. The van der Waals surface area contributed by atoms with Gasteiger partial charge in [-0.1, -0.05) is 5.16 Å². The molecule has 1 fully saturated rings. The molecule has 3 heterocycles. The molecule has 1 saturated heterocycles. The van der Waals surface area contributed by atoms with Crippen LogP contribution in [0.4, 0.5) is 5.13 Å². The molecule has 23 heavy (non-hydrogen) atoms. The van der Waals surface area contributed by atoms with Gasteiger partial charge in [-0.3, -0.25) is 4.79 Å². The molecule has 6 nitrogen and oxygen atoms in total. The Morgan fingerprint density at radius 3 is 2.48 bits per heavy atom. The summed E-state index contributed by atoms with van der Waals surface area (Å²) in [5.74, 6) is 0.620. The van der Waals surface area contributed by atoms with E-state index in [0.29, 0.717) is 23.6 Å². The zero-order chi connectivity index (χ0) is 16.6. The predicted molar refractivity (Wildman–Crippen MR) is 90.3 cm³/mol. The lowest BCUT2D eigenvalue weighted by Crippen LogP contribution is -2.35. The number of carbonyl (C=O) groups is 1. The monoisotopic (exact) mass is 334 g/mol. The summed E-state index contributed by atoms with van der Waals surface area (Å²) in [6.45, 7) is 10.9. The Labute approximate surface area is 140 Å². The maximum atomic E-state index is 12.8. The van der Waals surface area contributed by atoms with Gasteiger partial charge < -0.3 is 14.3 Å². The molecule has 0 aliphatic carbocycles. The number of amides is 1. The van der Waals surface area contributed by atoms with Crippen LogP contribution in [-0.4, -0.2) is 47.1 Å². The maximum Gasteiger partial charge on any atom is 0.259 e. The highest BCUT2D eigenvalue weighted by atomic mass is 32.1. The lowest BCUT2D eigenvalue weighted by molar-refractivity contribution is 0.0764. The molecule has 2 aromatic rings. The first kappa shape index (κ1) is 16.0. The van der Waals surface area contributed by atoms with E-state index in [4.69, 9.17) is 4.52 Å². The van der Waals surface area contributed by atoms with Crippen molar-refractivity contribution in [3.05, 3.63) is 27.6 Å². The highest BCUT2D eigenvalue weighted by molar-refractivity contribution is 7.15. The van der Waals surface area contributed by atoms with Gasteiger partial charge >= 0.3 is 0 Å². The summed E-state index contributed by atoms with van der Waals surface area (Å²) in [7, 11) is 0. The van der Waals surface area contributed by atoms with Gasteiger partial charge in [0.2, 0.25) is 0 Å². The van der Waals surface area contributed by atoms with Crippen molar-refractivity contribution in [1.82, 2.24) is 15.0 Å². The molecule has 0 aromatic carbocycles. The average Bonchev–Trinajstić information content (AvgIpc) is 2.91. The van der Waals surface area contributed by atoms with Crippen LogP contribution in [0, 0.1) is 27.7 Å². The van der Waals surface area contributed by atoms with E-state index in [-0.39, 0.29) is 5.91 Å². The Morgan fingerprint density at radius 1 is 1.09 bits per heavy atom. The van der Waals surface area contributed by atoms with Crippen molar-refractivity contribution in [1.29, 1.82) is 0 Å². The van der Waals surface area contributed by atoms with Gasteiger partial charge in [-0.25, -0.2) is 4.98 Å². The van der Waals surface area contributed by atoms with Crippen molar-refractivity contribution in [2.24, 2.45) is 0 Å². The van der Waals surface area contributed by atoms with Crippen molar-refractivity contribution >= 4 is 22.4 Å². The van der Waals surface area contributed by atoms with Gasteiger partial charge in [-0.05, 0) is 34.1 Å². The Balaban J connectivity index is 1.72. The summed E-state index contributed by atoms with van der Waals surface area (Å²) in [6.07, 6.45) is 0.937. The fourth-order valence-corrected chi connectivity index (χ4v) is 3.81. The van der Waals surface area contributed by atoms with E-state index >= 15 is 0 Å². The standard InChI is InChI=1S/C16H22N4O2S/c1-10-13(4)23-16(17-10)20-7-5-6-19(8-9-20)15(21)14-11(2)18-22-12(14)3/h5-9H2,1-4H3. The quantitative estimate of drug-likeness (QED) is 0.845. The zero-order valence-electron chi connectivity index (χ0n) is 14.0. The SMILES string of the molecule is Cc1nc(N2CCCN(C(=O)c3c(C)noc3C)CC2)sc1C. The molecule has 124 valence electrons. The number of thiazole rings is 1. The number of hydrogen-bond acceptors (Lipinski definition) is 6. The topological polar surface area (TPSA) is 62.5 Å². The minimum absolute atomic E-state index is 0.0228. The van der Waals surface area contributed by atoms with Gasteiger partial charge in [-0.2, -0.15) is 0 Å². The lowest BCUT2D eigenvalue weighted by atomic mass is 10.1. The average molecular weight is 334 g/mol. The first-order valence-corrected chi connectivity index (χ1v) is 8.70. The summed E-state index contributed by atoms with van der Waals surface area (Å²) < 4.78 is 5.13. The molecule has 1 aliphatic heterocycles. The molecule has 2 aromatic heterocycles. The molecule has 0 spiro atoms. The fourth-order valence-electron chi connectivity index (χ4n) is 2.85. The molecular formula is C16H22N4O2S. The number of hydrogen-bond donors (Lipinski definition) is 0. The summed E-state index contributed by atoms with van der Waals surface area (Å²) >= 11 is 1.73. The summed E-state index contributed by atoms with van der Waals surface area (Å²) in [5.41, 5.74) is 2.37. The Morgan fingerprint density at radius 2 is 1.87 bits per heavy atom. The van der Waals surface area contributed by atoms with Gasteiger partial charge in [0.05, 0.1) is 11.4 Å². The molecule has 1 amide bonds. The van der Waals surface area contributed by atoms with E-state index in [1.54, 1.807) is 18.3 Å². The lowest BCUT2D eigenvalue weighted by Gasteiger charge is -2.21. The van der Waals surface area contributed by atoms with Crippen molar-refractivity contribution in [3.8, 4) is 0 Å². The first-order chi connectivity index (χ1) is 11.0. The van der Waals surface area contributed by atoms with E-state index in [1.807, 2.05) is 18.7 Å². The second-order valence-corrected chi connectivity index (χ2v) is 7.15. The third-order valence-electron chi connectivity index (χ3n) is 4.32. The Hall–Kier alpha value is -1.89. The third kappa shape index (κ3) is 3.10. The van der Waals surface area contributed by atoms with Crippen molar-refractivity contribution in [3.63, 3.8) is 0 Å². The van der Waals surface area contributed by atoms with E-state index in [9.17, 15) is 4.79 Å². The number of aromatic nitrogens is 2. The van der Waals surface area contributed by atoms with Crippen molar-refractivity contribution < 1.29 is 9.32 Å². The van der Waals surface area contributed by atoms with Gasteiger partial charge in [0.15, 0.2) is 5.13 Å². The number of aryl methyl sites for hydroxylation is 4. The van der Waals surface area contributed by atoms with Crippen molar-refractivity contribution in [2.45, 2.75) is 34.1 Å². The number of rotatable bonds is 2. The molecule has 7 heteroatoms. The molecule has 1 aliphatic rings. The van der Waals surface area contributed by atoms with E-state index in [1.165, 1.54) is 4.88 Å². The van der Waals surface area contributed by atoms with Crippen LogP contribution in [0.25, 0.3) is 0 Å². The highest BCUT2D eigenvalue weighted by Gasteiger charge is 2.26. The minimum atomic E-state index is 0.0228. The minimum Gasteiger partial charge on any atom is -0.361 e. The molecule has 0 unspecified atom stereocenters. The van der Waals surface area contributed by atoms with Crippen LogP contribution in [0.1, 0.15) is 38.8 Å².